The van der Waals surface area contributed by atoms with Crippen molar-refractivity contribution in [3.05, 3.63) is 90.5 Å². The SMILES string of the molecule is O=C(c1ccccc1-n1nccn1)N1CCOCC1Cc1cccc(-c2ncccn2)c1. The lowest BCUT2D eigenvalue weighted by atomic mass is 10.0. The molecule has 1 amide bonds. The van der Waals surface area contributed by atoms with Gasteiger partial charge >= 0.3 is 0 Å². The maximum absolute atomic E-state index is 13.6. The third-order valence-corrected chi connectivity index (χ3v) is 5.48. The van der Waals surface area contributed by atoms with E-state index in [1.54, 1.807) is 30.9 Å². The van der Waals surface area contributed by atoms with Crippen molar-refractivity contribution in [2.75, 3.05) is 19.8 Å². The van der Waals surface area contributed by atoms with Crippen LogP contribution < -0.4 is 0 Å². The van der Waals surface area contributed by atoms with E-state index in [4.69, 9.17) is 4.74 Å². The lowest BCUT2D eigenvalue weighted by Crippen LogP contribution is -2.50. The van der Waals surface area contributed by atoms with Crippen molar-refractivity contribution in [3.63, 3.8) is 0 Å². The molecule has 3 heterocycles. The Labute approximate surface area is 185 Å². The Morgan fingerprint density at radius 1 is 0.969 bits per heavy atom. The molecule has 1 unspecified atom stereocenters. The van der Waals surface area contributed by atoms with Crippen LogP contribution in [-0.4, -0.2) is 61.6 Å². The number of morpholine rings is 1. The van der Waals surface area contributed by atoms with Gasteiger partial charge in [-0.2, -0.15) is 15.0 Å². The third kappa shape index (κ3) is 4.13. The van der Waals surface area contributed by atoms with Crippen LogP contribution in [0.2, 0.25) is 0 Å². The van der Waals surface area contributed by atoms with Crippen LogP contribution in [0.4, 0.5) is 0 Å². The number of hydrogen-bond donors (Lipinski definition) is 0. The number of amides is 1. The molecule has 0 N–H and O–H groups in total. The minimum Gasteiger partial charge on any atom is -0.377 e. The average molecular weight is 426 g/mol. The molecule has 0 radical (unpaired) electrons. The first-order valence-corrected chi connectivity index (χ1v) is 10.5. The predicted molar refractivity (Wildman–Crippen MR) is 118 cm³/mol. The first-order valence-electron chi connectivity index (χ1n) is 10.5. The van der Waals surface area contributed by atoms with Gasteiger partial charge in [0, 0.05) is 24.5 Å². The summed E-state index contributed by atoms with van der Waals surface area (Å²) in [7, 11) is 0. The Kier molecular flexibility index (Phi) is 5.67. The fraction of sp³-hybridized carbons (Fsp3) is 0.208. The molecule has 4 aromatic rings. The van der Waals surface area contributed by atoms with Crippen molar-refractivity contribution < 1.29 is 9.53 Å². The van der Waals surface area contributed by atoms with Gasteiger partial charge in [0.25, 0.3) is 5.91 Å². The lowest BCUT2D eigenvalue weighted by Gasteiger charge is -2.36. The molecular weight excluding hydrogens is 404 g/mol. The minimum atomic E-state index is -0.0816. The Bertz CT molecular complexity index is 1200. The van der Waals surface area contributed by atoms with E-state index in [9.17, 15) is 4.79 Å². The molecule has 2 aromatic carbocycles. The van der Waals surface area contributed by atoms with Crippen LogP contribution in [0, 0.1) is 0 Å². The fourth-order valence-electron chi connectivity index (χ4n) is 3.97. The third-order valence-electron chi connectivity index (χ3n) is 5.48. The van der Waals surface area contributed by atoms with Crippen LogP contribution in [-0.2, 0) is 11.2 Å². The molecule has 160 valence electrons. The molecular formula is C24H22N6O2. The summed E-state index contributed by atoms with van der Waals surface area (Å²) in [6.07, 6.45) is 7.34. The maximum atomic E-state index is 13.6. The van der Waals surface area contributed by atoms with Gasteiger partial charge in [0.1, 0.15) is 0 Å². The topological polar surface area (TPSA) is 86.0 Å². The van der Waals surface area contributed by atoms with E-state index in [1.807, 2.05) is 41.3 Å². The van der Waals surface area contributed by atoms with Crippen LogP contribution in [0.5, 0.6) is 0 Å². The van der Waals surface area contributed by atoms with Crippen molar-refractivity contribution in [3.8, 4) is 17.1 Å². The number of carbonyl (C=O) groups is 1. The first kappa shape index (κ1) is 20.0. The molecule has 0 aliphatic carbocycles. The van der Waals surface area contributed by atoms with Crippen LogP contribution in [0.3, 0.4) is 0 Å². The summed E-state index contributed by atoms with van der Waals surface area (Å²) in [5.41, 5.74) is 3.29. The number of carbonyl (C=O) groups excluding carboxylic acids is 1. The molecule has 5 rings (SSSR count). The van der Waals surface area contributed by atoms with Gasteiger partial charge in [-0.3, -0.25) is 4.79 Å². The Hall–Kier alpha value is -3.91. The van der Waals surface area contributed by atoms with Crippen molar-refractivity contribution in [2.24, 2.45) is 0 Å². The largest absolute Gasteiger partial charge is 0.377 e. The molecule has 2 aromatic heterocycles. The first-order chi connectivity index (χ1) is 15.8. The second kappa shape index (κ2) is 9.07. The number of nitrogens with zero attached hydrogens (tertiary/aromatic N) is 6. The summed E-state index contributed by atoms with van der Waals surface area (Å²) in [4.78, 5) is 25.6. The predicted octanol–water partition coefficient (Wildman–Crippen LogP) is 2.81. The van der Waals surface area contributed by atoms with Gasteiger partial charge in [-0.1, -0.05) is 30.3 Å². The van der Waals surface area contributed by atoms with E-state index in [0.29, 0.717) is 43.3 Å². The van der Waals surface area contributed by atoms with Crippen LogP contribution in [0.25, 0.3) is 17.1 Å². The van der Waals surface area contributed by atoms with Crippen LogP contribution in [0.15, 0.2) is 79.4 Å². The highest BCUT2D eigenvalue weighted by atomic mass is 16.5. The van der Waals surface area contributed by atoms with E-state index < -0.39 is 0 Å². The zero-order valence-corrected chi connectivity index (χ0v) is 17.4. The van der Waals surface area contributed by atoms with E-state index in [2.05, 4.69) is 32.3 Å². The average Bonchev–Trinajstić information content (AvgIpc) is 3.40. The Morgan fingerprint density at radius 2 is 1.78 bits per heavy atom. The zero-order valence-electron chi connectivity index (χ0n) is 17.4. The van der Waals surface area contributed by atoms with Crippen LogP contribution >= 0.6 is 0 Å². The standard InChI is InChI=1S/C24H22N6O2/c31-24(21-7-1-2-8-22(21)30-27-11-12-28-30)29-13-14-32-17-20(29)16-18-5-3-6-19(15-18)23-25-9-4-10-26-23/h1-12,15,20H,13-14,16-17H2. The van der Waals surface area contributed by atoms with Gasteiger partial charge in [-0.05, 0) is 36.2 Å². The second-order valence-electron chi connectivity index (χ2n) is 7.54. The smallest absolute Gasteiger partial charge is 0.256 e. The number of rotatable bonds is 5. The maximum Gasteiger partial charge on any atom is 0.256 e. The molecule has 0 bridgehead atoms. The molecule has 1 fully saturated rings. The molecule has 8 heteroatoms. The molecule has 8 nitrogen and oxygen atoms in total. The highest BCUT2D eigenvalue weighted by Crippen LogP contribution is 2.22. The summed E-state index contributed by atoms with van der Waals surface area (Å²) < 4.78 is 5.74. The van der Waals surface area contributed by atoms with Crippen molar-refractivity contribution in [2.45, 2.75) is 12.5 Å². The summed E-state index contributed by atoms with van der Waals surface area (Å²) in [6, 6.07) is 17.3. The molecule has 0 saturated carbocycles. The van der Waals surface area contributed by atoms with Gasteiger partial charge in [0.05, 0.1) is 42.9 Å². The quantitative estimate of drug-likeness (QED) is 0.488. The van der Waals surface area contributed by atoms with Crippen LogP contribution in [0.1, 0.15) is 15.9 Å². The molecule has 0 spiro atoms. The molecule has 1 aliphatic rings. The summed E-state index contributed by atoms with van der Waals surface area (Å²) in [5, 5.41) is 8.40. The normalized spacial score (nSPS) is 16.1. The number of benzene rings is 2. The van der Waals surface area contributed by atoms with E-state index in [0.717, 1.165) is 11.1 Å². The number of aromatic nitrogens is 5. The Balaban J connectivity index is 1.41. The molecule has 32 heavy (non-hydrogen) atoms. The highest BCUT2D eigenvalue weighted by Gasteiger charge is 2.30. The second-order valence-corrected chi connectivity index (χ2v) is 7.54. The molecule has 1 aliphatic heterocycles. The van der Waals surface area contributed by atoms with E-state index in [1.165, 1.54) is 4.80 Å². The fourth-order valence-corrected chi connectivity index (χ4v) is 3.97. The van der Waals surface area contributed by atoms with Gasteiger partial charge in [-0.25, -0.2) is 9.97 Å². The summed E-state index contributed by atoms with van der Waals surface area (Å²) in [6.45, 7) is 1.54. The van der Waals surface area contributed by atoms with Gasteiger partial charge in [-0.15, -0.1) is 0 Å². The van der Waals surface area contributed by atoms with Crippen molar-refractivity contribution in [1.29, 1.82) is 0 Å². The van der Waals surface area contributed by atoms with Gasteiger partial charge in [0.15, 0.2) is 5.82 Å². The number of para-hydroxylation sites is 1. The Morgan fingerprint density at radius 3 is 2.62 bits per heavy atom. The highest BCUT2D eigenvalue weighted by molar-refractivity contribution is 5.98. The van der Waals surface area contributed by atoms with E-state index in [-0.39, 0.29) is 11.9 Å². The number of ether oxygens (including phenoxy) is 1. The van der Waals surface area contributed by atoms with Gasteiger partial charge < -0.3 is 9.64 Å². The molecule has 1 atom stereocenters. The van der Waals surface area contributed by atoms with Crippen molar-refractivity contribution >= 4 is 5.91 Å². The zero-order chi connectivity index (χ0) is 21.8. The lowest BCUT2D eigenvalue weighted by molar-refractivity contribution is -0.00164. The number of hydrogen-bond acceptors (Lipinski definition) is 6. The van der Waals surface area contributed by atoms with Gasteiger partial charge in [0.2, 0.25) is 0 Å². The summed E-state index contributed by atoms with van der Waals surface area (Å²) >= 11 is 0. The van der Waals surface area contributed by atoms with Crippen molar-refractivity contribution in [1.82, 2.24) is 29.9 Å². The summed E-state index contributed by atoms with van der Waals surface area (Å²) in [5.74, 6) is 0.636. The van der Waals surface area contributed by atoms with E-state index >= 15 is 0 Å². The molecule has 1 saturated heterocycles. The monoisotopic (exact) mass is 426 g/mol. The minimum absolute atomic E-state index is 0.0475.